The molecule has 0 spiro atoms. The minimum atomic E-state index is -0.601. The maximum Gasteiger partial charge on any atom is 0.229 e. The van der Waals surface area contributed by atoms with Crippen LogP contribution in [-0.2, 0) is 6.42 Å². The van der Waals surface area contributed by atoms with Crippen LogP contribution in [0.5, 0.6) is 5.75 Å². The fourth-order valence-corrected chi connectivity index (χ4v) is 4.49. The Morgan fingerprint density at radius 2 is 2.00 bits per heavy atom. The van der Waals surface area contributed by atoms with Crippen LogP contribution in [0.15, 0.2) is 48.9 Å². The van der Waals surface area contributed by atoms with Crippen molar-refractivity contribution < 1.29 is 13.5 Å². The van der Waals surface area contributed by atoms with Crippen LogP contribution < -0.4 is 15.4 Å². The van der Waals surface area contributed by atoms with Gasteiger partial charge in [0, 0.05) is 42.5 Å². The van der Waals surface area contributed by atoms with E-state index in [4.69, 9.17) is 21.3 Å². The number of rotatable bonds is 6. The van der Waals surface area contributed by atoms with Crippen molar-refractivity contribution in [3.63, 3.8) is 0 Å². The van der Waals surface area contributed by atoms with Crippen LogP contribution in [0.3, 0.4) is 0 Å². The van der Waals surface area contributed by atoms with Gasteiger partial charge >= 0.3 is 0 Å². The molecule has 1 aliphatic carbocycles. The molecule has 10 heteroatoms. The Balaban J connectivity index is 1.50. The van der Waals surface area contributed by atoms with Crippen LogP contribution in [0.25, 0.3) is 5.69 Å². The number of hydrogen-bond donors (Lipinski definition) is 2. The van der Waals surface area contributed by atoms with Gasteiger partial charge in [0.1, 0.15) is 34.7 Å². The Morgan fingerprint density at radius 3 is 2.71 bits per heavy atom. The number of hydrogen-bond acceptors (Lipinski definition) is 6. The van der Waals surface area contributed by atoms with Gasteiger partial charge in [-0.05, 0) is 36.6 Å². The molecule has 0 saturated carbocycles. The lowest BCUT2D eigenvalue weighted by Crippen LogP contribution is -2.09. The van der Waals surface area contributed by atoms with E-state index in [1.54, 1.807) is 31.2 Å². The van der Waals surface area contributed by atoms with E-state index in [0.29, 0.717) is 46.8 Å². The Kier molecular flexibility index (Phi) is 5.79. The van der Waals surface area contributed by atoms with Crippen molar-refractivity contribution in [2.24, 2.45) is 0 Å². The number of aromatic nitrogens is 4. The third-order valence-corrected chi connectivity index (χ3v) is 6.09. The highest BCUT2D eigenvalue weighted by atomic mass is 35.5. The molecule has 1 atom stereocenters. The molecule has 174 valence electrons. The van der Waals surface area contributed by atoms with Gasteiger partial charge in [-0.3, -0.25) is 0 Å². The van der Waals surface area contributed by atoms with Crippen LogP contribution in [0.4, 0.5) is 26.2 Å². The summed E-state index contributed by atoms with van der Waals surface area (Å²) in [7, 11) is 3.36. The largest absolute Gasteiger partial charge is 0.494 e. The first-order valence-corrected chi connectivity index (χ1v) is 11.0. The lowest BCUT2D eigenvalue weighted by Gasteiger charge is -2.16. The van der Waals surface area contributed by atoms with E-state index in [-0.39, 0.29) is 5.92 Å². The first-order valence-electron chi connectivity index (χ1n) is 10.6. The molecule has 0 amide bonds. The SMILES string of the molecule is CNc1nc(Nc2ccc(-n3cnc(Cl)c3)c(OC)c2)nc2c1CC[C@@H]2c1ccc(F)cc1F. The molecule has 0 bridgehead atoms. The number of imidazole rings is 1. The zero-order chi connectivity index (χ0) is 23.8. The van der Waals surface area contributed by atoms with E-state index in [9.17, 15) is 8.78 Å². The van der Waals surface area contributed by atoms with E-state index in [0.717, 1.165) is 23.0 Å². The summed E-state index contributed by atoms with van der Waals surface area (Å²) in [5, 5.41) is 6.71. The van der Waals surface area contributed by atoms with Crippen LogP contribution >= 0.6 is 11.6 Å². The average molecular weight is 483 g/mol. The average Bonchev–Trinajstić information content (AvgIpc) is 3.45. The summed E-state index contributed by atoms with van der Waals surface area (Å²) in [6.45, 7) is 0. The second kappa shape index (κ2) is 8.90. The number of nitrogens with one attached hydrogen (secondary N) is 2. The third-order valence-electron chi connectivity index (χ3n) is 5.89. The van der Waals surface area contributed by atoms with Crippen molar-refractivity contribution in [1.82, 2.24) is 19.5 Å². The van der Waals surface area contributed by atoms with Gasteiger partial charge < -0.3 is 19.9 Å². The topological polar surface area (TPSA) is 76.9 Å². The molecule has 34 heavy (non-hydrogen) atoms. The fraction of sp³-hybridized carbons (Fsp3) is 0.208. The van der Waals surface area contributed by atoms with E-state index >= 15 is 0 Å². The molecule has 0 unspecified atom stereocenters. The molecule has 2 aromatic carbocycles. The molecule has 0 fully saturated rings. The maximum absolute atomic E-state index is 14.5. The number of benzene rings is 2. The molecule has 7 nitrogen and oxygen atoms in total. The highest BCUT2D eigenvalue weighted by Gasteiger charge is 2.31. The normalized spacial score (nSPS) is 14.7. The molecule has 2 aromatic heterocycles. The quantitative estimate of drug-likeness (QED) is 0.380. The van der Waals surface area contributed by atoms with Crippen molar-refractivity contribution in [3.05, 3.63) is 82.5 Å². The van der Waals surface area contributed by atoms with Crippen molar-refractivity contribution in [2.45, 2.75) is 18.8 Å². The third kappa shape index (κ3) is 4.03. The Bertz CT molecular complexity index is 1380. The van der Waals surface area contributed by atoms with Crippen LogP contribution in [-0.4, -0.2) is 33.7 Å². The molecule has 2 heterocycles. The zero-order valence-corrected chi connectivity index (χ0v) is 19.2. The van der Waals surface area contributed by atoms with Crippen LogP contribution in [0.1, 0.15) is 29.2 Å². The molecular weight excluding hydrogens is 462 g/mol. The van der Waals surface area contributed by atoms with Gasteiger partial charge in [-0.25, -0.2) is 18.7 Å². The van der Waals surface area contributed by atoms with E-state index in [2.05, 4.69) is 20.6 Å². The van der Waals surface area contributed by atoms with Gasteiger partial charge in [-0.2, -0.15) is 4.98 Å². The minimum Gasteiger partial charge on any atom is -0.494 e. The van der Waals surface area contributed by atoms with Gasteiger partial charge in [0.05, 0.1) is 18.5 Å². The lowest BCUT2D eigenvalue weighted by molar-refractivity contribution is 0.413. The first kappa shape index (κ1) is 22.1. The Morgan fingerprint density at radius 1 is 1.15 bits per heavy atom. The monoisotopic (exact) mass is 482 g/mol. The standard InChI is InChI=1S/C24H21ClF2N6O/c1-28-23-17-7-6-16(15-5-3-13(26)9-18(15)27)22(17)31-24(32-23)30-14-4-8-19(20(10-14)34-2)33-11-21(25)29-12-33/h3-5,8-12,16H,6-7H2,1-2H3,(H2,28,30,31,32)/t16-/m1/s1. The summed E-state index contributed by atoms with van der Waals surface area (Å²) in [5.41, 5.74) is 3.56. The summed E-state index contributed by atoms with van der Waals surface area (Å²) in [4.78, 5) is 13.4. The van der Waals surface area contributed by atoms with Gasteiger partial charge in [0.2, 0.25) is 5.95 Å². The molecule has 0 radical (unpaired) electrons. The molecular formula is C24H21ClF2N6O. The first-order chi connectivity index (χ1) is 16.5. The van der Waals surface area contributed by atoms with Gasteiger partial charge in [0.25, 0.3) is 0 Å². The van der Waals surface area contributed by atoms with E-state index in [1.807, 2.05) is 18.2 Å². The van der Waals surface area contributed by atoms with Gasteiger partial charge in [0.15, 0.2) is 0 Å². The summed E-state index contributed by atoms with van der Waals surface area (Å²) < 4.78 is 35.3. The lowest BCUT2D eigenvalue weighted by atomic mass is 9.96. The second-order valence-corrected chi connectivity index (χ2v) is 8.27. The second-order valence-electron chi connectivity index (χ2n) is 7.88. The number of anilines is 3. The number of methoxy groups -OCH3 is 1. The number of ether oxygens (including phenoxy) is 1. The number of fused-ring (bicyclic) bond motifs is 1. The summed E-state index contributed by atoms with van der Waals surface area (Å²) in [6, 6.07) is 9.21. The van der Waals surface area contributed by atoms with Gasteiger partial charge in [-0.1, -0.05) is 17.7 Å². The maximum atomic E-state index is 14.5. The predicted octanol–water partition coefficient (Wildman–Crippen LogP) is 5.47. The summed E-state index contributed by atoms with van der Waals surface area (Å²) in [5.74, 6) is 0.175. The van der Waals surface area contributed by atoms with Crippen LogP contribution in [0.2, 0.25) is 5.15 Å². The zero-order valence-electron chi connectivity index (χ0n) is 18.4. The van der Waals surface area contributed by atoms with Crippen molar-refractivity contribution >= 4 is 29.1 Å². The number of halogens is 3. The van der Waals surface area contributed by atoms with Crippen molar-refractivity contribution in [2.75, 3.05) is 24.8 Å². The highest BCUT2D eigenvalue weighted by molar-refractivity contribution is 6.29. The molecule has 0 aliphatic heterocycles. The predicted molar refractivity (Wildman–Crippen MR) is 127 cm³/mol. The Hall–Kier alpha value is -3.72. The highest BCUT2D eigenvalue weighted by Crippen LogP contribution is 2.41. The van der Waals surface area contributed by atoms with E-state index in [1.165, 1.54) is 12.1 Å². The molecule has 0 saturated heterocycles. The van der Waals surface area contributed by atoms with E-state index < -0.39 is 11.6 Å². The van der Waals surface area contributed by atoms with Crippen LogP contribution in [0, 0.1) is 11.6 Å². The molecule has 1 aliphatic rings. The summed E-state index contributed by atoms with van der Waals surface area (Å²) >= 11 is 5.94. The summed E-state index contributed by atoms with van der Waals surface area (Å²) in [6.07, 6.45) is 4.65. The Labute approximate surface area is 199 Å². The fourth-order valence-electron chi connectivity index (χ4n) is 4.34. The molecule has 2 N–H and O–H groups in total. The number of nitrogens with zero attached hydrogens (tertiary/aromatic N) is 4. The van der Waals surface area contributed by atoms with Crippen molar-refractivity contribution in [3.8, 4) is 11.4 Å². The smallest absolute Gasteiger partial charge is 0.229 e. The van der Waals surface area contributed by atoms with Crippen molar-refractivity contribution in [1.29, 1.82) is 0 Å². The minimum absolute atomic E-state index is 0.283. The molecule has 4 aromatic rings. The molecule has 5 rings (SSSR count). The van der Waals surface area contributed by atoms with Gasteiger partial charge in [-0.15, -0.1) is 0 Å².